The van der Waals surface area contributed by atoms with E-state index in [2.05, 4.69) is 6.58 Å². The predicted molar refractivity (Wildman–Crippen MR) is 35.9 cm³/mol. The molecule has 0 spiro atoms. The first kappa shape index (κ1) is 8.29. The van der Waals surface area contributed by atoms with Gasteiger partial charge in [0, 0.05) is 0 Å². The third kappa shape index (κ3) is 4.45. The molecule has 2 heteroatoms. The zero-order chi connectivity index (χ0) is 6.41. The molecule has 0 saturated heterocycles. The Morgan fingerprint density at radius 2 is 2.38 bits per heavy atom. The Morgan fingerprint density at radius 3 is 2.75 bits per heavy atom. The number of rotatable bonds is 2. The second kappa shape index (κ2) is 5.43. The van der Waals surface area contributed by atoms with Gasteiger partial charge < -0.3 is 0 Å². The van der Waals surface area contributed by atoms with Crippen molar-refractivity contribution in [3.05, 3.63) is 24.8 Å². The third-order valence-corrected chi connectivity index (χ3v) is 3.29. The molecule has 0 aromatic heterocycles. The van der Waals surface area contributed by atoms with Crippen molar-refractivity contribution >= 4 is 13.6 Å². The van der Waals surface area contributed by atoms with Gasteiger partial charge in [-0.25, -0.2) is 0 Å². The Morgan fingerprint density at radius 1 is 1.75 bits per heavy atom. The van der Waals surface area contributed by atoms with E-state index in [0.29, 0.717) is 0 Å². The van der Waals surface area contributed by atoms with Crippen molar-refractivity contribution in [3.63, 3.8) is 0 Å². The van der Waals surface area contributed by atoms with Crippen LogP contribution in [0.25, 0.3) is 0 Å². The van der Waals surface area contributed by atoms with Gasteiger partial charge in [0.1, 0.15) is 0 Å². The molecule has 0 rings (SSSR count). The molecule has 0 saturated carbocycles. The van der Waals surface area contributed by atoms with Gasteiger partial charge in [0.2, 0.25) is 0 Å². The minimum atomic E-state index is -0.325. The average molecular weight is 308 g/mol. The van der Waals surface area contributed by atoms with Gasteiger partial charge in [-0.2, -0.15) is 0 Å². The maximum atomic E-state index is 5.59. The van der Waals surface area contributed by atoms with Crippen molar-refractivity contribution in [1.29, 1.82) is 0 Å². The Labute approximate surface area is 61.7 Å². The molecule has 0 aromatic carbocycles. The quantitative estimate of drug-likeness (QED) is 0.686. The van der Waals surface area contributed by atoms with Gasteiger partial charge in [0.15, 0.2) is 0 Å². The van der Waals surface area contributed by atoms with Crippen LogP contribution in [0, 0.1) is 0 Å². The van der Waals surface area contributed by atoms with E-state index in [1.165, 1.54) is 4.02 Å². The normalized spacial score (nSPS) is 14.5. The van der Waals surface area contributed by atoms with Crippen LogP contribution in [0.2, 0.25) is 0 Å². The van der Waals surface area contributed by atoms with Crippen molar-refractivity contribution in [3.8, 4) is 0 Å². The van der Waals surface area contributed by atoms with E-state index in [1.54, 1.807) is 6.08 Å². The summed E-state index contributed by atoms with van der Waals surface area (Å²) in [6.07, 6.45) is 5.66. The van der Waals surface area contributed by atoms with Crippen LogP contribution in [0.1, 0.15) is 6.92 Å². The molecule has 0 N–H and O–H groups in total. The van der Waals surface area contributed by atoms with Crippen LogP contribution < -0.4 is 0 Å². The molecular formula is C6H8ClIr. The SMILES string of the molecule is C=C/C=C\[C](C)=[Ir][Cl]. The van der Waals surface area contributed by atoms with Gasteiger partial charge in [-0.1, -0.05) is 0 Å². The maximum absolute atomic E-state index is 5.59. The van der Waals surface area contributed by atoms with E-state index >= 15 is 0 Å². The first-order valence-corrected chi connectivity index (χ1v) is 6.32. The number of hydrogen-bond donors (Lipinski definition) is 0. The molecule has 0 nitrogen and oxygen atoms in total. The summed E-state index contributed by atoms with van der Waals surface area (Å²) < 4.78 is 1.28. The summed E-state index contributed by atoms with van der Waals surface area (Å²) in [6.45, 7) is 5.57. The third-order valence-electron chi connectivity index (χ3n) is 0.554. The molecule has 8 heavy (non-hydrogen) atoms. The van der Waals surface area contributed by atoms with Crippen LogP contribution in [0.15, 0.2) is 24.8 Å². The summed E-state index contributed by atoms with van der Waals surface area (Å²) >= 11 is -0.325. The van der Waals surface area contributed by atoms with Crippen molar-refractivity contribution in [2.75, 3.05) is 0 Å². The van der Waals surface area contributed by atoms with Gasteiger partial charge in [-0.3, -0.25) is 0 Å². The predicted octanol–water partition coefficient (Wildman–Crippen LogP) is 2.16. The monoisotopic (exact) mass is 308 g/mol. The van der Waals surface area contributed by atoms with Crippen LogP contribution in [0.5, 0.6) is 0 Å². The second-order valence-electron chi connectivity index (χ2n) is 1.21. The zero-order valence-electron chi connectivity index (χ0n) is 4.65. The number of halogens is 1. The first-order valence-electron chi connectivity index (χ1n) is 2.16. The van der Waals surface area contributed by atoms with Crippen LogP contribution in [0.3, 0.4) is 0 Å². The van der Waals surface area contributed by atoms with Crippen LogP contribution >= 0.6 is 9.58 Å². The van der Waals surface area contributed by atoms with Gasteiger partial charge in [0.25, 0.3) is 0 Å². The van der Waals surface area contributed by atoms with Crippen LogP contribution in [-0.4, -0.2) is 4.02 Å². The van der Waals surface area contributed by atoms with Gasteiger partial charge >= 0.3 is 61.6 Å². The van der Waals surface area contributed by atoms with E-state index in [9.17, 15) is 0 Å². The summed E-state index contributed by atoms with van der Waals surface area (Å²) in [5.41, 5.74) is 0. The number of hydrogen-bond acceptors (Lipinski definition) is 0. The molecule has 0 heterocycles. The number of allylic oxidation sites excluding steroid dienone is 3. The molecule has 0 unspecified atom stereocenters. The Hall–Kier alpha value is 0.289. The molecule has 0 aromatic rings. The summed E-state index contributed by atoms with van der Waals surface area (Å²) in [7, 11) is 5.59. The fourth-order valence-electron chi connectivity index (χ4n) is 0.217. The fraction of sp³-hybridized carbons (Fsp3) is 0.167. The van der Waals surface area contributed by atoms with Crippen LogP contribution in [0.4, 0.5) is 0 Å². The topological polar surface area (TPSA) is 0 Å². The molecule has 0 aliphatic heterocycles. The van der Waals surface area contributed by atoms with Crippen molar-refractivity contribution in [1.82, 2.24) is 0 Å². The molecule has 0 bridgehead atoms. The summed E-state index contributed by atoms with van der Waals surface area (Å²) in [4.78, 5) is 0. The van der Waals surface area contributed by atoms with E-state index in [4.69, 9.17) is 9.58 Å². The van der Waals surface area contributed by atoms with E-state index in [1.807, 2.05) is 19.1 Å². The summed E-state index contributed by atoms with van der Waals surface area (Å²) in [5.74, 6) is 0. The molecule has 0 atom stereocenters. The molecule has 0 amide bonds. The zero-order valence-corrected chi connectivity index (χ0v) is 7.80. The minimum absolute atomic E-state index is 0.325. The van der Waals surface area contributed by atoms with Gasteiger partial charge in [0.05, 0.1) is 0 Å². The molecular weight excluding hydrogens is 300 g/mol. The standard InChI is InChI=1S/C6H8.ClH.Ir/c1-3-5-6-4-2;;/h3,5-6H,1H2,2H3;1H;/q;;+1/p-1/b6-5-;;. The molecule has 0 aliphatic carbocycles. The van der Waals surface area contributed by atoms with E-state index < -0.39 is 0 Å². The Balaban J connectivity index is 3.69. The van der Waals surface area contributed by atoms with Crippen molar-refractivity contribution < 1.29 is 16.2 Å². The fourth-order valence-corrected chi connectivity index (χ4v) is 0.942. The van der Waals surface area contributed by atoms with Crippen LogP contribution in [-0.2, 0) is 16.2 Å². The summed E-state index contributed by atoms with van der Waals surface area (Å²) in [6, 6.07) is 0. The second-order valence-corrected chi connectivity index (χ2v) is 4.58. The van der Waals surface area contributed by atoms with Crippen molar-refractivity contribution in [2.45, 2.75) is 6.92 Å². The van der Waals surface area contributed by atoms with Crippen molar-refractivity contribution in [2.24, 2.45) is 0 Å². The first-order chi connectivity index (χ1) is 3.81. The molecule has 0 aliphatic rings. The molecule has 0 radical (unpaired) electrons. The van der Waals surface area contributed by atoms with E-state index in [-0.39, 0.29) is 16.2 Å². The Kier molecular flexibility index (Phi) is 5.62. The Bertz CT molecular complexity index is 124. The molecule has 0 fully saturated rings. The van der Waals surface area contributed by atoms with Gasteiger partial charge in [-0.15, -0.1) is 0 Å². The van der Waals surface area contributed by atoms with Gasteiger partial charge in [-0.05, 0) is 0 Å². The summed E-state index contributed by atoms with van der Waals surface area (Å²) in [5, 5.41) is 0. The average Bonchev–Trinajstić information content (AvgIpc) is 1.83. The molecule has 48 valence electrons. The van der Waals surface area contributed by atoms with E-state index in [0.717, 1.165) is 0 Å².